The largest absolute Gasteiger partial charge is 0.433 e. The van der Waals surface area contributed by atoms with Gasteiger partial charge < -0.3 is 5.32 Å². The van der Waals surface area contributed by atoms with E-state index in [1.165, 1.54) is 12.3 Å². The van der Waals surface area contributed by atoms with Gasteiger partial charge in [-0.2, -0.15) is 13.2 Å². The predicted molar refractivity (Wildman–Crippen MR) is 65.7 cm³/mol. The standard InChI is InChI=1S/C13H12F3N3/c14-13(15,16)12-2-1-10(9-19-12)3-8-18-11-4-6-17-7-5-11/h1-2,4-7,9H,3,8H2,(H,17,18). The van der Waals surface area contributed by atoms with Crippen LogP contribution in [0.15, 0.2) is 42.9 Å². The first-order valence-electron chi connectivity index (χ1n) is 5.72. The summed E-state index contributed by atoms with van der Waals surface area (Å²) in [5.41, 5.74) is 0.822. The molecule has 0 spiro atoms. The predicted octanol–water partition coefficient (Wildman–Crippen LogP) is 3.15. The van der Waals surface area contributed by atoms with Crippen LogP contribution in [0.4, 0.5) is 18.9 Å². The normalized spacial score (nSPS) is 11.3. The second-order valence-electron chi connectivity index (χ2n) is 3.96. The summed E-state index contributed by atoms with van der Waals surface area (Å²) in [6, 6.07) is 6.10. The number of nitrogens with zero attached hydrogens (tertiary/aromatic N) is 2. The van der Waals surface area contributed by atoms with Crippen LogP contribution in [0.3, 0.4) is 0 Å². The van der Waals surface area contributed by atoms with Crippen molar-refractivity contribution in [2.45, 2.75) is 12.6 Å². The number of anilines is 1. The number of nitrogens with one attached hydrogen (secondary N) is 1. The quantitative estimate of drug-likeness (QED) is 0.924. The molecule has 0 aromatic carbocycles. The van der Waals surface area contributed by atoms with Crippen molar-refractivity contribution in [3.05, 3.63) is 54.1 Å². The molecule has 3 nitrogen and oxygen atoms in total. The highest BCUT2D eigenvalue weighted by Gasteiger charge is 2.31. The van der Waals surface area contributed by atoms with Gasteiger partial charge in [0, 0.05) is 30.8 Å². The lowest BCUT2D eigenvalue weighted by atomic mass is 10.2. The molecule has 0 fully saturated rings. The molecule has 2 aromatic rings. The topological polar surface area (TPSA) is 37.8 Å². The molecule has 0 unspecified atom stereocenters. The Balaban J connectivity index is 1.87. The minimum Gasteiger partial charge on any atom is -0.385 e. The molecule has 2 rings (SSSR count). The molecule has 0 saturated carbocycles. The van der Waals surface area contributed by atoms with Gasteiger partial charge in [-0.1, -0.05) is 6.07 Å². The van der Waals surface area contributed by atoms with Crippen molar-refractivity contribution in [3.63, 3.8) is 0 Å². The van der Waals surface area contributed by atoms with E-state index < -0.39 is 11.9 Å². The van der Waals surface area contributed by atoms with Gasteiger partial charge in [-0.15, -0.1) is 0 Å². The molecule has 0 amide bonds. The fourth-order valence-corrected chi connectivity index (χ4v) is 1.56. The first kappa shape index (κ1) is 13.3. The van der Waals surface area contributed by atoms with Gasteiger partial charge in [-0.05, 0) is 30.2 Å². The minimum atomic E-state index is -4.38. The summed E-state index contributed by atoms with van der Waals surface area (Å²) in [5, 5.41) is 3.15. The number of pyridine rings is 2. The summed E-state index contributed by atoms with van der Waals surface area (Å²) in [4.78, 5) is 7.30. The Labute approximate surface area is 108 Å². The van der Waals surface area contributed by atoms with E-state index in [0.717, 1.165) is 17.3 Å². The maximum atomic E-state index is 12.3. The van der Waals surface area contributed by atoms with Crippen LogP contribution in [0.25, 0.3) is 0 Å². The van der Waals surface area contributed by atoms with E-state index >= 15 is 0 Å². The molecule has 6 heteroatoms. The van der Waals surface area contributed by atoms with Crippen molar-refractivity contribution in [3.8, 4) is 0 Å². The summed E-state index contributed by atoms with van der Waals surface area (Å²) in [5.74, 6) is 0. The molecule has 0 radical (unpaired) electrons. The van der Waals surface area contributed by atoms with Crippen molar-refractivity contribution < 1.29 is 13.2 Å². The van der Waals surface area contributed by atoms with Crippen molar-refractivity contribution in [1.82, 2.24) is 9.97 Å². The van der Waals surface area contributed by atoms with Crippen LogP contribution in [0.2, 0.25) is 0 Å². The number of halogens is 3. The first-order valence-corrected chi connectivity index (χ1v) is 5.72. The van der Waals surface area contributed by atoms with Crippen LogP contribution in [0.1, 0.15) is 11.3 Å². The lowest BCUT2D eigenvalue weighted by Crippen LogP contribution is -2.09. The fourth-order valence-electron chi connectivity index (χ4n) is 1.56. The van der Waals surface area contributed by atoms with Crippen LogP contribution in [-0.2, 0) is 12.6 Å². The van der Waals surface area contributed by atoms with Gasteiger partial charge >= 0.3 is 6.18 Å². The molecular formula is C13H12F3N3. The second-order valence-corrected chi connectivity index (χ2v) is 3.96. The van der Waals surface area contributed by atoms with Crippen LogP contribution in [-0.4, -0.2) is 16.5 Å². The monoisotopic (exact) mass is 267 g/mol. The maximum absolute atomic E-state index is 12.3. The van der Waals surface area contributed by atoms with Gasteiger partial charge in [-0.3, -0.25) is 9.97 Å². The second kappa shape index (κ2) is 5.69. The van der Waals surface area contributed by atoms with E-state index in [4.69, 9.17) is 0 Å². The maximum Gasteiger partial charge on any atom is 0.433 e. The van der Waals surface area contributed by atoms with Gasteiger partial charge in [0.25, 0.3) is 0 Å². The molecule has 0 aliphatic carbocycles. The van der Waals surface area contributed by atoms with E-state index in [1.807, 2.05) is 12.1 Å². The van der Waals surface area contributed by atoms with E-state index in [9.17, 15) is 13.2 Å². The van der Waals surface area contributed by atoms with Crippen molar-refractivity contribution in [2.75, 3.05) is 11.9 Å². The average molecular weight is 267 g/mol. The number of alkyl halides is 3. The molecule has 19 heavy (non-hydrogen) atoms. The number of hydrogen-bond donors (Lipinski definition) is 1. The molecule has 0 aliphatic rings. The molecular weight excluding hydrogens is 255 g/mol. The van der Waals surface area contributed by atoms with Crippen LogP contribution < -0.4 is 5.32 Å². The SMILES string of the molecule is FC(F)(F)c1ccc(CCNc2ccncc2)cn1. The zero-order valence-corrected chi connectivity index (χ0v) is 9.98. The average Bonchev–Trinajstić information content (AvgIpc) is 2.39. The smallest absolute Gasteiger partial charge is 0.385 e. The molecule has 0 aliphatic heterocycles. The summed E-state index contributed by atoms with van der Waals surface area (Å²) >= 11 is 0. The van der Waals surface area contributed by atoms with E-state index in [2.05, 4.69) is 15.3 Å². The third-order valence-electron chi connectivity index (χ3n) is 2.54. The van der Waals surface area contributed by atoms with Crippen LogP contribution in [0.5, 0.6) is 0 Å². The number of hydrogen-bond acceptors (Lipinski definition) is 3. The summed E-state index contributed by atoms with van der Waals surface area (Å²) in [6.07, 6.45) is 0.822. The number of rotatable bonds is 4. The highest BCUT2D eigenvalue weighted by molar-refractivity contribution is 5.40. The lowest BCUT2D eigenvalue weighted by Gasteiger charge is -2.08. The molecule has 0 saturated heterocycles. The van der Waals surface area contributed by atoms with Crippen molar-refractivity contribution >= 4 is 5.69 Å². The lowest BCUT2D eigenvalue weighted by molar-refractivity contribution is -0.141. The minimum absolute atomic E-state index is 0.605. The van der Waals surface area contributed by atoms with Crippen LogP contribution in [0, 0.1) is 0 Å². The highest BCUT2D eigenvalue weighted by atomic mass is 19.4. The Kier molecular flexibility index (Phi) is 3.99. The molecule has 2 aromatic heterocycles. The molecule has 100 valence electrons. The Bertz CT molecular complexity index is 509. The van der Waals surface area contributed by atoms with Crippen molar-refractivity contribution in [2.24, 2.45) is 0 Å². The number of aromatic nitrogens is 2. The van der Waals surface area contributed by atoms with Gasteiger partial charge in [0.1, 0.15) is 5.69 Å². The Morgan fingerprint density at radius 1 is 1.05 bits per heavy atom. The Hall–Kier alpha value is -2.11. The zero-order valence-electron chi connectivity index (χ0n) is 9.98. The molecule has 0 atom stereocenters. The van der Waals surface area contributed by atoms with E-state index in [-0.39, 0.29) is 0 Å². The van der Waals surface area contributed by atoms with Gasteiger partial charge in [-0.25, -0.2) is 0 Å². The summed E-state index contributed by atoms with van der Waals surface area (Å²) in [7, 11) is 0. The van der Waals surface area contributed by atoms with Gasteiger partial charge in [0.2, 0.25) is 0 Å². The van der Waals surface area contributed by atoms with E-state index in [1.54, 1.807) is 12.4 Å². The van der Waals surface area contributed by atoms with E-state index in [0.29, 0.717) is 13.0 Å². The summed E-state index contributed by atoms with van der Waals surface area (Å²) < 4.78 is 36.9. The first-order chi connectivity index (χ1) is 9.05. The van der Waals surface area contributed by atoms with Gasteiger partial charge in [0.05, 0.1) is 0 Å². The molecule has 1 N–H and O–H groups in total. The summed E-state index contributed by atoms with van der Waals surface area (Å²) in [6.45, 7) is 0.622. The fraction of sp³-hybridized carbons (Fsp3) is 0.231. The third kappa shape index (κ3) is 3.94. The molecule has 2 heterocycles. The zero-order chi connectivity index (χ0) is 13.7. The Morgan fingerprint density at radius 2 is 1.79 bits per heavy atom. The van der Waals surface area contributed by atoms with Crippen molar-refractivity contribution in [1.29, 1.82) is 0 Å². The highest BCUT2D eigenvalue weighted by Crippen LogP contribution is 2.27. The van der Waals surface area contributed by atoms with Gasteiger partial charge in [0.15, 0.2) is 0 Å². The molecule has 0 bridgehead atoms. The Morgan fingerprint density at radius 3 is 2.37 bits per heavy atom. The van der Waals surface area contributed by atoms with Crippen LogP contribution >= 0.6 is 0 Å². The third-order valence-corrected chi connectivity index (χ3v) is 2.54.